The average molecular weight is 405 g/mol. The number of hydrogen-bond acceptors (Lipinski definition) is 5. The Labute approximate surface area is 172 Å². The maximum absolute atomic E-state index is 12.9. The van der Waals surface area contributed by atoms with Crippen LogP contribution in [0.1, 0.15) is 49.4 Å². The third-order valence-corrected chi connectivity index (χ3v) is 5.60. The normalized spacial score (nSPS) is 18.2. The fraction of sp³-hybridized carbons (Fsp3) is 0.636. The summed E-state index contributed by atoms with van der Waals surface area (Å²) in [4.78, 5) is 27.1. The van der Waals surface area contributed by atoms with Gasteiger partial charge in [-0.1, -0.05) is 6.92 Å². The lowest BCUT2D eigenvalue weighted by Crippen LogP contribution is -2.42. The van der Waals surface area contributed by atoms with E-state index in [4.69, 9.17) is 14.2 Å². The Morgan fingerprint density at radius 2 is 1.90 bits per heavy atom. The Bertz CT molecular complexity index is 711. The van der Waals surface area contributed by atoms with E-state index in [1.165, 1.54) is 0 Å². The molecule has 0 bridgehead atoms. The molecule has 1 atom stereocenters. The van der Waals surface area contributed by atoms with E-state index in [1.807, 2.05) is 11.8 Å². The first-order valence-corrected chi connectivity index (χ1v) is 10.5. The highest BCUT2D eigenvalue weighted by Gasteiger charge is 2.35. The van der Waals surface area contributed by atoms with Gasteiger partial charge in [0.25, 0.3) is 5.91 Å². The van der Waals surface area contributed by atoms with Crippen LogP contribution in [-0.4, -0.2) is 62.8 Å². The maximum atomic E-state index is 12.9. The Morgan fingerprint density at radius 3 is 2.48 bits per heavy atom. The zero-order valence-corrected chi connectivity index (χ0v) is 17.6. The first kappa shape index (κ1) is 21.4. The molecular weight excluding hydrogens is 372 g/mol. The van der Waals surface area contributed by atoms with Crippen molar-refractivity contribution >= 4 is 11.8 Å². The molecule has 1 unspecified atom stereocenters. The van der Waals surface area contributed by atoms with E-state index < -0.39 is 0 Å². The van der Waals surface area contributed by atoms with Crippen LogP contribution in [0.4, 0.5) is 0 Å². The Kier molecular flexibility index (Phi) is 7.36. The van der Waals surface area contributed by atoms with E-state index in [0.29, 0.717) is 36.8 Å². The molecule has 1 N–H and O–H groups in total. The van der Waals surface area contributed by atoms with Crippen molar-refractivity contribution in [1.29, 1.82) is 0 Å². The van der Waals surface area contributed by atoms with Gasteiger partial charge in [0.05, 0.1) is 25.3 Å². The van der Waals surface area contributed by atoms with E-state index in [9.17, 15) is 9.59 Å². The summed E-state index contributed by atoms with van der Waals surface area (Å²) in [6, 6.07) is 5.22. The number of ether oxygens (including phenoxy) is 3. The number of methoxy groups -OCH3 is 2. The molecule has 2 fully saturated rings. The molecular formula is C22H32N2O5. The summed E-state index contributed by atoms with van der Waals surface area (Å²) in [6.07, 6.45) is 4.36. The van der Waals surface area contributed by atoms with Gasteiger partial charge in [0.1, 0.15) is 17.6 Å². The van der Waals surface area contributed by atoms with Gasteiger partial charge in [-0.15, -0.1) is 0 Å². The van der Waals surface area contributed by atoms with E-state index in [1.54, 1.807) is 32.4 Å². The first-order valence-electron chi connectivity index (χ1n) is 10.5. The van der Waals surface area contributed by atoms with Gasteiger partial charge in [0, 0.05) is 39.0 Å². The van der Waals surface area contributed by atoms with Crippen LogP contribution < -0.4 is 14.8 Å². The highest BCUT2D eigenvalue weighted by atomic mass is 16.5. The summed E-state index contributed by atoms with van der Waals surface area (Å²) in [5, 5.41) is 3.00. The van der Waals surface area contributed by atoms with E-state index in [0.717, 1.165) is 32.1 Å². The molecule has 1 saturated carbocycles. The third-order valence-electron chi connectivity index (χ3n) is 5.60. The predicted molar refractivity (Wildman–Crippen MR) is 109 cm³/mol. The highest BCUT2D eigenvalue weighted by molar-refractivity contribution is 5.97. The Hall–Kier alpha value is -2.28. The van der Waals surface area contributed by atoms with Crippen LogP contribution in [-0.2, 0) is 9.53 Å². The maximum Gasteiger partial charge on any atom is 0.255 e. The zero-order chi connectivity index (χ0) is 20.8. The topological polar surface area (TPSA) is 77.1 Å². The quantitative estimate of drug-likeness (QED) is 0.685. The van der Waals surface area contributed by atoms with Gasteiger partial charge < -0.3 is 24.4 Å². The largest absolute Gasteiger partial charge is 0.497 e. The van der Waals surface area contributed by atoms with Gasteiger partial charge in [-0.3, -0.25) is 9.59 Å². The van der Waals surface area contributed by atoms with Gasteiger partial charge in [-0.2, -0.15) is 0 Å². The van der Waals surface area contributed by atoms with Crippen LogP contribution in [0, 0.1) is 5.92 Å². The van der Waals surface area contributed by atoms with E-state index >= 15 is 0 Å². The van der Waals surface area contributed by atoms with Crippen molar-refractivity contribution in [3.8, 4) is 11.5 Å². The average Bonchev–Trinajstić information content (AvgIpc) is 3.59. The van der Waals surface area contributed by atoms with Crippen molar-refractivity contribution < 1.29 is 23.8 Å². The van der Waals surface area contributed by atoms with E-state index in [-0.39, 0.29) is 29.9 Å². The fourth-order valence-electron chi connectivity index (χ4n) is 3.60. The summed E-state index contributed by atoms with van der Waals surface area (Å²) in [7, 11) is 3.19. The number of piperidine rings is 1. The second kappa shape index (κ2) is 9.96. The minimum absolute atomic E-state index is 0.0147. The molecule has 7 heteroatoms. The van der Waals surface area contributed by atoms with E-state index in [2.05, 4.69) is 5.32 Å². The molecule has 7 nitrogen and oxygen atoms in total. The molecule has 1 saturated heterocycles. The summed E-state index contributed by atoms with van der Waals surface area (Å²) in [6.45, 7) is 3.88. The van der Waals surface area contributed by atoms with Crippen molar-refractivity contribution in [3.05, 3.63) is 23.8 Å². The van der Waals surface area contributed by atoms with Crippen LogP contribution in [0.25, 0.3) is 0 Å². The van der Waals surface area contributed by atoms with Crippen LogP contribution in [0.3, 0.4) is 0 Å². The number of benzene rings is 1. The van der Waals surface area contributed by atoms with Gasteiger partial charge >= 0.3 is 0 Å². The van der Waals surface area contributed by atoms with Gasteiger partial charge in [0.15, 0.2) is 0 Å². The first-order chi connectivity index (χ1) is 14.0. The number of amides is 2. The number of nitrogens with zero attached hydrogens (tertiary/aromatic N) is 1. The van der Waals surface area contributed by atoms with Crippen LogP contribution in [0.2, 0.25) is 0 Å². The van der Waals surface area contributed by atoms with Crippen molar-refractivity contribution in [3.63, 3.8) is 0 Å². The second-order valence-corrected chi connectivity index (χ2v) is 7.81. The van der Waals surface area contributed by atoms with Crippen molar-refractivity contribution in [2.24, 2.45) is 5.92 Å². The second-order valence-electron chi connectivity index (χ2n) is 7.81. The standard InChI is InChI=1S/C22H32N2O5/c1-4-16(14-27-2)23-21(25)19-13-18(28-3)7-8-20(19)29-17-9-11-24(12-10-17)22(26)15-5-6-15/h7-8,13,15-17H,4-6,9-12,14H2,1-3H3,(H,23,25). The molecule has 1 aliphatic carbocycles. The third kappa shape index (κ3) is 5.63. The minimum atomic E-state index is -0.204. The van der Waals surface area contributed by atoms with Gasteiger partial charge in [0.2, 0.25) is 5.91 Å². The predicted octanol–water partition coefficient (Wildman–Crippen LogP) is 2.63. The monoisotopic (exact) mass is 404 g/mol. The number of nitrogens with one attached hydrogen (secondary N) is 1. The molecule has 29 heavy (non-hydrogen) atoms. The summed E-state index contributed by atoms with van der Waals surface area (Å²) in [5.74, 6) is 1.48. The lowest BCUT2D eigenvalue weighted by Gasteiger charge is -2.32. The fourth-order valence-corrected chi connectivity index (χ4v) is 3.60. The molecule has 1 aliphatic heterocycles. The number of rotatable bonds is 9. The minimum Gasteiger partial charge on any atom is -0.497 e. The molecule has 2 aliphatic rings. The van der Waals surface area contributed by atoms with Crippen molar-refractivity contribution in [2.75, 3.05) is 33.9 Å². The lowest BCUT2D eigenvalue weighted by molar-refractivity contribution is -0.134. The Morgan fingerprint density at radius 1 is 1.17 bits per heavy atom. The molecule has 0 aromatic heterocycles. The van der Waals surface area contributed by atoms with Crippen LogP contribution in [0.15, 0.2) is 18.2 Å². The number of likely N-dealkylation sites (tertiary alicyclic amines) is 1. The molecule has 1 aromatic carbocycles. The number of carbonyl (C=O) groups excluding carboxylic acids is 2. The Balaban J connectivity index is 1.65. The molecule has 2 amide bonds. The smallest absolute Gasteiger partial charge is 0.255 e. The SMILES string of the molecule is CCC(COC)NC(=O)c1cc(OC)ccc1OC1CCN(C(=O)C2CC2)CC1. The molecule has 3 rings (SSSR count). The summed E-state index contributed by atoms with van der Waals surface area (Å²) in [5.41, 5.74) is 0.454. The van der Waals surface area contributed by atoms with Gasteiger partial charge in [-0.25, -0.2) is 0 Å². The highest BCUT2D eigenvalue weighted by Crippen LogP contribution is 2.33. The number of carbonyl (C=O) groups is 2. The molecule has 0 spiro atoms. The van der Waals surface area contributed by atoms with Crippen LogP contribution in [0.5, 0.6) is 11.5 Å². The van der Waals surface area contributed by atoms with Gasteiger partial charge in [-0.05, 0) is 37.5 Å². The number of hydrogen-bond donors (Lipinski definition) is 1. The zero-order valence-electron chi connectivity index (χ0n) is 17.6. The lowest BCUT2D eigenvalue weighted by atomic mass is 10.1. The molecule has 1 aromatic rings. The van der Waals surface area contributed by atoms with Crippen LogP contribution >= 0.6 is 0 Å². The summed E-state index contributed by atoms with van der Waals surface area (Å²) < 4.78 is 16.7. The summed E-state index contributed by atoms with van der Waals surface area (Å²) >= 11 is 0. The molecule has 0 radical (unpaired) electrons. The molecule has 160 valence electrons. The van der Waals surface area contributed by atoms with Crippen molar-refractivity contribution in [1.82, 2.24) is 10.2 Å². The molecule has 1 heterocycles. The van der Waals surface area contributed by atoms with Crippen molar-refractivity contribution in [2.45, 2.75) is 51.2 Å².